The fourth-order valence-electron chi connectivity index (χ4n) is 3.39. The SMILES string of the molecule is COc1cc(Cl)c(C)cc1NC(=O)CN1CCN(c2ccc(C(C)=O)cc2)CC1. The molecular formula is C22H26ClN3O3. The van der Waals surface area contributed by atoms with Crippen molar-refractivity contribution in [1.82, 2.24) is 4.90 Å². The lowest BCUT2D eigenvalue weighted by Crippen LogP contribution is -2.48. The molecule has 1 fully saturated rings. The molecular weight excluding hydrogens is 390 g/mol. The summed E-state index contributed by atoms with van der Waals surface area (Å²) in [7, 11) is 1.55. The third-order valence-electron chi connectivity index (χ3n) is 5.13. The third kappa shape index (κ3) is 5.28. The lowest BCUT2D eigenvalue weighted by atomic mass is 10.1. The Morgan fingerprint density at radius 1 is 1.10 bits per heavy atom. The average Bonchev–Trinajstić information content (AvgIpc) is 2.71. The van der Waals surface area contributed by atoms with E-state index in [2.05, 4.69) is 15.1 Å². The van der Waals surface area contributed by atoms with Crippen LogP contribution in [0.1, 0.15) is 22.8 Å². The Hall–Kier alpha value is -2.57. The van der Waals surface area contributed by atoms with Gasteiger partial charge >= 0.3 is 0 Å². The second-order valence-corrected chi connectivity index (χ2v) is 7.62. The molecule has 1 heterocycles. The first-order valence-corrected chi connectivity index (χ1v) is 9.97. The van der Waals surface area contributed by atoms with Gasteiger partial charge in [-0.2, -0.15) is 0 Å². The largest absolute Gasteiger partial charge is 0.495 e. The fraction of sp³-hybridized carbons (Fsp3) is 0.364. The number of carbonyl (C=O) groups is 2. The summed E-state index contributed by atoms with van der Waals surface area (Å²) in [5, 5.41) is 3.53. The first-order chi connectivity index (χ1) is 13.9. The maximum atomic E-state index is 12.5. The van der Waals surface area contributed by atoms with Crippen LogP contribution in [-0.2, 0) is 4.79 Å². The van der Waals surface area contributed by atoms with Crippen LogP contribution in [-0.4, -0.2) is 56.4 Å². The molecule has 0 spiro atoms. The van der Waals surface area contributed by atoms with E-state index in [1.165, 1.54) is 0 Å². The van der Waals surface area contributed by atoms with Gasteiger partial charge in [0.1, 0.15) is 5.75 Å². The van der Waals surface area contributed by atoms with Crippen molar-refractivity contribution in [3.05, 3.63) is 52.5 Å². The minimum atomic E-state index is -0.0794. The van der Waals surface area contributed by atoms with Crippen LogP contribution in [0.25, 0.3) is 0 Å². The summed E-state index contributed by atoms with van der Waals surface area (Å²) in [4.78, 5) is 28.3. The Morgan fingerprint density at radius 2 is 1.76 bits per heavy atom. The summed E-state index contributed by atoms with van der Waals surface area (Å²) in [6.45, 7) is 7.02. The molecule has 0 aromatic heterocycles. The highest BCUT2D eigenvalue weighted by atomic mass is 35.5. The van der Waals surface area contributed by atoms with Crippen LogP contribution in [0.2, 0.25) is 5.02 Å². The van der Waals surface area contributed by atoms with Crippen LogP contribution < -0.4 is 15.0 Å². The second kappa shape index (κ2) is 9.29. The van der Waals surface area contributed by atoms with Crippen molar-refractivity contribution in [2.24, 2.45) is 0 Å². The number of nitrogens with one attached hydrogen (secondary N) is 1. The topological polar surface area (TPSA) is 61.9 Å². The molecule has 0 saturated carbocycles. The molecule has 1 aliphatic heterocycles. The summed E-state index contributed by atoms with van der Waals surface area (Å²) in [5.41, 5.74) is 3.33. The van der Waals surface area contributed by atoms with Crippen molar-refractivity contribution < 1.29 is 14.3 Å². The van der Waals surface area contributed by atoms with Gasteiger partial charge in [0.2, 0.25) is 5.91 Å². The number of benzene rings is 2. The first kappa shape index (κ1) is 21.1. The van der Waals surface area contributed by atoms with Crippen LogP contribution in [0.3, 0.4) is 0 Å². The summed E-state index contributed by atoms with van der Waals surface area (Å²) < 4.78 is 5.32. The molecule has 1 saturated heterocycles. The normalized spacial score (nSPS) is 14.6. The van der Waals surface area contributed by atoms with Crippen molar-refractivity contribution in [3.8, 4) is 5.75 Å². The van der Waals surface area contributed by atoms with E-state index >= 15 is 0 Å². The highest BCUT2D eigenvalue weighted by Gasteiger charge is 2.20. The lowest BCUT2D eigenvalue weighted by Gasteiger charge is -2.35. The number of carbonyl (C=O) groups excluding carboxylic acids is 2. The predicted molar refractivity (Wildman–Crippen MR) is 116 cm³/mol. The van der Waals surface area contributed by atoms with Crippen molar-refractivity contribution >= 4 is 34.7 Å². The standard InChI is InChI=1S/C22H26ClN3O3/c1-15-12-20(21(29-3)13-19(15)23)24-22(28)14-25-8-10-26(11-9-25)18-6-4-17(5-7-18)16(2)27/h4-7,12-13H,8-11,14H2,1-3H3,(H,24,28). The van der Waals surface area contributed by atoms with E-state index in [1.807, 2.05) is 37.3 Å². The molecule has 0 bridgehead atoms. The highest BCUT2D eigenvalue weighted by Crippen LogP contribution is 2.31. The number of ketones is 1. The van der Waals surface area contributed by atoms with Crippen LogP contribution in [0.4, 0.5) is 11.4 Å². The van der Waals surface area contributed by atoms with Gasteiger partial charge in [-0.3, -0.25) is 14.5 Å². The zero-order valence-corrected chi connectivity index (χ0v) is 17.8. The van der Waals surface area contributed by atoms with Gasteiger partial charge in [-0.1, -0.05) is 11.6 Å². The monoisotopic (exact) mass is 415 g/mol. The Kier molecular flexibility index (Phi) is 6.77. The second-order valence-electron chi connectivity index (χ2n) is 7.22. The fourth-order valence-corrected chi connectivity index (χ4v) is 3.55. The molecule has 1 amide bonds. The maximum absolute atomic E-state index is 12.5. The van der Waals surface area contributed by atoms with Gasteiger partial charge in [-0.15, -0.1) is 0 Å². The number of rotatable bonds is 6. The van der Waals surface area contributed by atoms with Crippen molar-refractivity contribution in [1.29, 1.82) is 0 Å². The van der Waals surface area contributed by atoms with Crippen molar-refractivity contribution in [3.63, 3.8) is 0 Å². The number of hydrogen-bond acceptors (Lipinski definition) is 5. The Balaban J connectivity index is 1.53. The van der Waals surface area contributed by atoms with E-state index < -0.39 is 0 Å². The maximum Gasteiger partial charge on any atom is 0.238 e. The molecule has 7 heteroatoms. The molecule has 2 aromatic carbocycles. The molecule has 0 atom stereocenters. The molecule has 154 valence electrons. The summed E-state index contributed by atoms with van der Waals surface area (Å²) in [6, 6.07) is 11.2. The Labute approximate surface area is 176 Å². The summed E-state index contributed by atoms with van der Waals surface area (Å²) in [6.07, 6.45) is 0. The Bertz CT molecular complexity index is 891. The smallest absolute Gasteiger partial charge is 0.238 e. The van der Waals surface area contributed by atoms with E-state index in [-0.39, 0.29) is 11.7 Å². The number of halogens is 1. The van der Waals surface area contributed by atoms with Gasteiger partial charge in [0.05, 0.1) is 19.3 Å². The first-order valence-electron chi connectivity index (χ1n) is 9.59. The number of amides is 1. The zero-order valence-electron chi connectivity index (χ0n) is 17.0. The zero-order chi connectivity index (χ0) is 21.0. The predicted octanol–water partition coefficient (Wildman–Crippen LogP) is 3.62. The number of nitrogens with zero attached hydrogens (tertiary/aromatic N) is 2. The minimum absolute atomic E-state index is 0.0693. The molecule has 29 heavy (non-hydrogen) atoms. The van der Waals surface area contributed by atoms with Gasteiger partial charge < -0.3 is 15.0 Å². The number of ether oxygens (including phenoxy) is 1. The molecule has 1 N–H and O–H groups in total. The van der Waals surface area contributed by atoms with Gasteiger partial charge in [-0.25, -0.2) is 0 Å². The molecule has 0 unspecified atom stereocenters. The number of anilines is 2. The van der Waals surface area contributed by atoms with Gasteiger partial charge in [0.15, 0.2) is 5.78 Å². The minimum Gasteiger partial charge on any atom is -0.495 e. The van der Waals surface area contributed by atoms with E-state index in [9.17, 15) is 9.59 Å². The van der Waals surface area contributed by atoms with Crippen LogP contribution >= 0.6 is 11.6 Å². The van der Waals surface area contributed by atoms with Gasteiger partial charge in [0.25, 0.3) is 0 Å². The van der Waals surface area contributed by atoms with Crippen LogP contribution in [0.5, 0.6) is 5.75 Å². The molecule has 0 aliphatic carbocycles. The average molecular weight is 416 g/mol. The molecule has 2 aromatic rings. The number of piperazine rings is 1. The number of Topliss-reactive ketones (excluding diaryl/α,β-unsaturated/α-hetero) is 1. The number of methoxy groups -OCH3 is 1. The van der Waals surface area contributed by atoms with Crippen LogP contribution in [0, 0.1) is 6.92 Å². The van der Waals surface area contributed by atoms with E-state index in [1.54, 1.807) is 20.1 Å². The molecule has 1 aliphatic rings. The number of aryl methyl sites for hydroxylation is 1. The highest BCUT2D eigenvalue weighted by molar-refractivity contribution is 6.31. The van der Waals surface area contributed by atoms with Crippen LogP contribution in [0.15, 0.2) is 36.4 Å². The lowest BCUT2D eigenvalue weighted by molar-refractivity contribution is -0.117. The van der Waals surface area contributed by atoms with Crippen molar-refractivity contribution in [2.75, 3.05) is 50.1 Å². The molecule has 0 radical (unpaired) electrons. The summed E-state index contributed by atoms with van der Waals surface area (Å²) in [5.74, 6) is 0.539. The molecule has 3 rings (SSSR count). The van der Waals surface area contributed by atoms with E-state index in [0.717, 1.165) is 43.0 Å². The van der Waals surface area contributed by atoms with Gasteiger partial charge in [0, 0.05) is 48.5 Å². The Morgan fingerprint density at radius 3 is 2.34 bits per heavy atom. The quantitative estimate of drug-likeness (QED) is 0.730. The van der Waals surface area contributed by atoms with Crippen molar-refractivity contribution in [2.45, 2.75) is 13.8 Å². The number of hydrogen-bond donors (Lipinski definition) is 1. The summed E-state index contributed by atoms with van der Waals surface area (Å²) >= 11 is 6.12. The van der Waals surface area contributed by atoms with E-state index in [0.29, 0.717) is 23.0 Å². The third-order valence-corrected chi connectivity index (χ3v) is 5.54. The molecule has 6 nitrogen and oxygen atoms in total. The van der Waals surface area contributed by atoms with E-state index in [4.69, 9.17) is 16.3 Å². The van der Waals surface area contributed by atoms with Gasteiger partial charge in [-0.05, 0) is 49.7 Å².